The van der Waals surface area contributed by atoms with Crippen molar-refractivity contribution >= 4 is 0 Å². The van der Waals surface area contributed by atoms with E-state index in [1.807, 2.05) is 7.05 Å². The van der Waals surface area contributed by atoms with Crippen molar-refractivity contribution < 1.29 is 4.74 Å². The quantitative estimate of drug-likeness (QED) is 0.749. The van der Waals surface area contributed by atoms with Gasteiger partial charge >= 0.3 is 0 Å². The number of ether oxygens (including phenoxy) is 1. The van der Waals surface area contributed by atoms with Gasteiger partial charge in [-0.25, -0.2) is 4.98 Å². The molecule has 1 aromatic rings. The lowest BCUT2D eigenvalue weighted by atomic mass is 10.1. The highest BCUT2D eigenvalue weighted by atomic mass is 16.5. The maximum Gasteiger partial charge on any atom is 0.164 e. The van der Waals surface area contributed by atoms with Gasteiger partial charge in [0.15, 0.2) is 5.82 Å². The van der Waals surface area contributed by atoms with Crippen molar-refractivity contribution in [3.63, 3.8) is 0 Å². The lowest BCUT2D eigenvalue weighted by molar-refractivity contribution is 0.146. The van der Waals surface area contributed by atoms with Crippen molar-refractivity contribution in [1.82, 2.24) is 20.1 Å². The van der Waals surface area contributed by atoms with E-state index in [1.165, 1.54) is 0 Å². The first-order valence-corrected chi connectivity index (χ1v) is 5.20. The van der Waals surface area contributed by atoms with Crippen LogP contribution in [0.15, 0.2) is 6.33 Å². The van der Waals surface area contributed by atoms with E-state index in [9.17, 15) is 0 Å². The molecule has 0 aliphatic carbocycles. The average molecular weight is 212 g/mol. The maximum atomic E-state index is 5.15. The minimum absolute atomic E-state index is 0.346. The second-order valence-corrected chi connectivity index (χ2v) is 4.02. The summed E-state index contributed by atoms with van der Waals surface area (Å²) in [4.78, 5) is 4.16. The Morgan fingerprint density at radius 3 is 2.73 bits per heavy atom. The average Bonchev–Trinajstić information content (AvgIpc) is 2.58. The van der Waals surface area contributed by atoms with E-state index in [-0.39, 0.29) is 0 Å². The number of hydrogen-bond donors (Lipinski definition) is 1. The number of aryl methyl sites for hydroxylation is 1. The van der Waals surface area contributed by atoms with Crippen molar-refractivity contribution in [2.24, 2.45) is 13.0 Å². The van der Waals surface area contributed by atoms with Crippen LogP contribution in [0.5, 0.6) is 0 Å². The molecule has 86 valence electrons. The van der Waals surface area contributed by atoms with Gasteiger partial charge in [-0.2, -0.15) is 5.10 Å². The second kappa shape index (κ2) is 5.82. The van der Waals surface area contributed by atoms with Crippen LogP contribution in [-0.4, -0.2) is 34.5 Å². The fraction of sp³-hybridized carbons (Fsp3) is 0.800. The number of hydrogen-bond acceptors (Lipinski definition) is 4. The Labute approximate surface area is 90.8 Å². The van der Waals surface area contributed by atoms with Crippen LogP contribution in [0.25, 0.3) is 0 Å². The van der Waals surface area contributed by atoms with Gasteiger partial charge in [0, 0.05) is 20.2 Å². The largest absolute Gasteiger partial charge is 0.383 e. The first kappa shape index (κ1) is 12.1. The van der Waals surface area contributed by atoms with Gasteiger partial charge in [0.2, 0.25) is 0 Å². The van der Waals surface area contributed by atoms with Crippen molar-refractivity contribution in [2.45, 2.75) is 26.4 Å². The SMILES string of the molecule is COCC(NCc1ncn(C)n1)C(C)C. The molecule has 0 aliphatic rings. The topological polar surface area (TPSA) is 52.0 Å². The van der Waals surface area contributed by atoms with Crippen molar-refractivity contribution in [1.29, 1.82) is 0 Å². The number of methoxy groups -OCH3 is 1. The number of aromatic nitrogens is 3. The predicted molar refractivity (Wildman–Crippen MR) is 58.3 cm³/mol. The molecule has 0 aromatic carbocycles. The van der Waals surface area contributed by atoms with Crippen LogP contribution in [0.3, 0.4) is 0 Å². The highest BCUT2D eigenvalue weighted by Crippen LogP contribution is 2.02. The molecule has 0 fully saturated rings. The molecule has 0 amide bonds. The zero-order chi connectivity index (χ0) is 11.3. The Balaban J connectivity index is 2.39. The highest BCUT2D eigenvalue weighted by molar-refractivity contribution is 4.82. The first-order valence-electron chi connectivity index (χ1n) is 5.20. The summed E-state index contributed by atoms with van der Waals surface area (Å²) in [6, 6.07) is 0.346. The van der Waals surface area contributed by atoms with E-state index in [0.29, 0.717) is 25.1 Å². The molecule has 0 saturated heterocycles. The first-order chi connectivity index (χ1) is 7.13. The zero-order valence-corrected chi connectivity index (χ0v) is 9.90. The van der Waals surface area contributed by atoms with Crippen LogP contribution >= 0.6 is 0 Å². The highest BCUT2D eigenvalue weighted by Gasteiger charge is 2.12. The summed E-state index contributed by atoms with van der Waals surface area (Å²) in [7, 11) is 3.58. The minimum Gasteiger partial charge on any atom is -0.383 e. The van der Waals surface area contributed by atoms with Crippen LogP contribution in [0.1, 0.15) is 19.7 Å². The Morgan fingerprint density at radius 1 is 1.53 bits per heavy atom. The molecule has 0 aliphatic heterocycles. The van der Waals surface area contributed by atoms with Crippen LogP contribution in [0, 0.1) is 5.92 Å². The van der Waals surface area contributed by atoms with Gasteiger partial charge in [-0.3, -0.25) is 4.68 Å². The molecular formula is C10H20N4O. The Bertz CT molecular complexity index is 285. The van der Waals surface area contributed by atoms with Crippen molar-refractivity contribution in [3.8, 4) is 0 Å². The smallest absolute Gasteiger partial charge is 0.164 e. The zero-order valence-electron chi connectivity index (χ0n) is 9.90. The van der Waals surface area contributed by atoms with Gasteiger partial charge in [-0.05, 0) is 5.92 Å². The molecule has 5 heteroatoms. The molecule has 0 saturated carbocycles. The number of rotatable bonds is 6. The minimum atomic E-state index is 0.346. The van der Waals surface area contributed by atoms with E-state index < -0.39 is 0 Å². The number of nitrogens with one attached hydrogen (secondary N) is 1. The molecule has 1 atom stereocenters. The van der Waals surface area contributed by atoms with Gasteiger partial charge in [-0.15, -0.1) is 0 Å². The predicted octanol–water partition coefficient (Wildman–Crippen LogP) is 0.576. The van der Waals surface area contributed by atoms with Gasteiger partial charge in [0.05, 0.1) is 13.2 Å². The molecule has 1 N–H and O–H groups in total. The molecular weight excluding hydrogens is 192 g/mol. The van der Waals surface area contributed by atoms with Gasteiger partial charge < -0.3 is 10.1 Å². The van der Waals surface area contributed by atoms with Crippen LogP contribution in [0.2, 0.25) is 0 Å². The molecule has 0 spiro atoms. The van der Waals surface area contributed by atoms with E-state index in [1.54, 1.807) is 18.1 Å². The van der Waals surface area contributed by atoms with E-state index >= 15 is 0 Å². The van der Waals surface area contributed by atoms with Gasteiger partial charge in [0.25, 0.3) is 0 Å². The van der Waals surface area contributed by atoms with Gasteiger partial charge in [-0.1, -0.05) is 13.8 Å². The summed E-state index contributed by atoms with van der Waals surface area (Å²) in [5, 5.41) is 7.59. The standard InChI is InChI=1S/C10H20N4O/c1-8(2)9(6-15-4)11-5-10-12-7-14(3)13-10/h7-9,11H,5-6H2,1-4H3. The van der Waals surface area contributed by atoms with Crippen LogP contribution in [0.4, 0.5) is 0 Å². The molecule has 1 unspecified atom stereocenters. The summed E-state index contributed by atoms with van der Waals surface area (Å²) >= 11 is 0. The third kappa shape index (κ3) is 3.97. The van der Waals surface area contributed by atoms with E-state index in [4.69, 9.17) is 4.74 Å². The molecule has 1 heterocycles. The molecule has 15 heavy (non-hydrogen) atoms. The fourth-order valence-corrected chi connectivity index (χ4v) is 1.35. The molecule has 1 rings (SSSR count). The molecule has 0 radical (unpaired) electrons. The Hall–Kier alpha value is -0.940. The number of nitrogens with zero attached hydrogens (tertiary/aromatic N) is 3. The maximum absolute atomic E-state index is 5.15. The lowest BCUT2D eigenvalue weighted by Gasteiger charge is -2.20. The molecule has 0 bridgehead atoms. The molecule has 1 aromatic heterocycles. The van der Waals surface area contributed by atoms with Crippen LogP contribution in [-0.2, 0) is 18.3 Å². The third-order valence-corrected chi connectivity index (χ3v) is 2.32. The Morgan fingerprint density at radius 2 is 2.27 bits per heavy atom. The summed E-state index contributed by atoms with van der Waals surface area (Å²) < 4.78 is 6.86. The fourth-order valence-electron chi connectivity index (χ4n) is 1.35. The Kier molecular flexibility index (Phi) is 4.71. The van der Waals surface area contributed by atoms with E-state index in [0.717, 1.165) is 5.82 Å². The van der Waals surface area contributed by atoms with Crippen LogP contribution < -0.4 is 5.32 Å². The van der Waals surface area contributed by atoms with Crippen molar-refractivity contribution in [2.75, 3.05) is 13.7 Å². The third-order valence-electron chi connectivity index (χ3n) is 2.32. The summed E-state index contributed by atoms with van der Waals surface area (Å²) in [6.07, 6.45) is 1.71. The van der Waals surface area contributed by atoms with Crippen molar-refractivity contribution in [3.05, 3.63) is 12.2 Å². The molecule has 5 nitrogen and oxygen atoms in total. The lowest BCUT2D eigenvalue weighted by Crippen LogP contribution is -2.37. The monoisotopic (exact) mass is 212 g/mol. The van der Waals surface area contributed by atoms with Gasteiger partial charge in [0.1, 0.15) is 6.33 Å². The van der Waals surface area contributed by atoms with E-state index in [2.05, 4.69) is 29.2 Å². The normalized spacial score (nSPS) is 13.4. The summed E-state index contributed by atoms with van der Waals surface area (Å²) in [5.41, 5.74) is 0. The summed E-state index contributed by atoms with van der Waals surface area (Å²) in [6.45, 7) is 5.74. The second-order valence-electron chi connectivity index (χ2n) is 4.02. The summed E-state index contributed by atoms with van der Waals surface area (Å²) in [5.74, 6) is 1.35.